The number of ketones is 1. The fourth-order valence-electron chi connectivity index (χ4n) is 5.08. The Bertz CT molecular complexity index is 941. The summed E-state index contributed by atoms with van der Waals surface area (Å²) in [4.78, 5) is 36.6. The van der Waals surface area contributed by atoms with Crippen LogP contribution in [0.15, 0.2) is 42.2 Å². The van der Waals surface area contributed by atoms with Crippen LogP contribution >= 0.6 is 0 Å². The predicted octanol–water partition coefficient (Wildman–Crippen LogP) is 6.61. The van der Waals surface area contributed by atoms with E-state index in [0.29, 0.717) is 25.2 Å². The molecule has 0 saturated heterocycles. The minimum atomic E-state index is -0.802. The second kappa shape index (κ2) is 16.4. The summed E-state index contributed by atoms with van der Waals surface area (Å²) < 4.78 is 22.8. The Balaban J connectivity index is 2.04. The molecule has 7 atom stereocenters. The van der Waals surface area contributed by atoms with Gasteiger partial charge in [-0.3, -0.25) is 9.59 Å². The molecular formula is C32H48O7. The molecule has 1 aliphatic rings. The van der Waals surface area contributed by atoms with Crippen molar-refractivity contribution >= 4 is 17.7 Å². The van der Waals surface area contributed by atoms with Crippen LogP contribution in [0.5, 0.6) is 0 Å². The molecule has 1 aromatic rings. The molecule has 1 heterocycles. The lowest BCUT2D eigenvalue weighted by Crippen LogP contribution is -2.32. The van der Waals surface area contributed by atoms with Gasteiger partial charge in [0.2, 0.25) is 0 Å². The zero-order valence-corrected chi connectivity index (χ0v) is 24.8. The summed E-state index contributed by atoms with van der Waals surface area (Å²) in [5.41, 5.74) is 0.746. The Morgan fingerprint density at radius 1 is 1.00 bits per heavy atom. The standard InChI is InChI=1S/C32H48O7/c1-21(25(5)33)15-19-28(39-32(35)31(37-7)26-11-9-8-10-12-26)22(2)13-17-27-18-14-23(3)30(38-27)24(4)16-20-29(34)36-6/h8-12,18,21-24,28,30-31H,13-17,19-20H2,1-7H3/t21-,22+,23-,24+,28-,30+,31-/m0/s1. The first-order chi connectivity index (χ1) is 18.6. The van der Waals surface area contributed by atoms with Crippen LogP contribution in [-0.4, -0.2) is 44.1 Å². The number of benzene rings is 1. The Labute approximate surface area is 234 Å². The lowest BCUT2D eigenvalue weighted by Gasteiger charge is -2.35. The van der Waals surface area contributed by atoms with Crippen molar-refractivity contribution in [2.24, 2.45) is 23.7 Å². The lowest BCUT2D eigenvalue weighted by atomic mass is 9.85. The van der Waals surface area contributed by atoms with Gasteiger partial charge < -0.3 is 18.9 Å². The highest BCUT2D eigenvalue weighted by Gasteiger charge is 2.31. The van der Waals surface area contributed by atoms with E-state index in [0.717, 1.165) is 37.0 Å². The quantitative estimate of drug-likeness (QED) is 0.217. The number of methoxy groups -OCH3 is 2. The third kappa shape index (κ3) is 10.4. The summed E-state index contributed by atoms with van der Waals surface area (Å²) in [6.45, 7) is 9.91. The van der Waals surface area contributed by atoms with Gasteiger partial charge >= 0.3 is 11.9 Å². The maximum Gasteiger partial charge on any atom is 0.340 e. The van der Waals surface area contributed by atoms with Crippen molar-refractivity contribution < 1.29 is 33.3 Å². The minimum absolute atomic E-state index is 0.0448. The molecule has 0 fully saturated rings. The predicted molar refractivity (Wildman–Crippen MR) is 151 cm³/mol. The molecule has 7 heteroatoms. The molecule has 0 unspecified atom stereocenters. The van der Waals surface area contributed by atoms with Crippen molar-refractivity contribution in [3.05, 3.63) is 47.7 Å². The van der Waals surface area contributed by atoms with Crippen LogP contribution in [-0.2, 0) is 33.3 Å². The molecule has 218 valence electrons. The van der Waals surface area contributed by atoms with E-state index in [4.69, 9.17) is 18.9 Å². The summed E-state index contributed by atoms with van der Waals surface area (Å²) in [5, 5.41) is 0. The van der Waals surface area contributed by atoms with Gasteiger partial charge in [0.05, 0.1) is 12.9 Å². The van der Waals surface area contributed by atoms with Gasteiger partial charge in [-0.2, -0.15) is 0 Å². The number of esters is 2. The molecule has 39 heavy (non-hydrogen) atoms. The molecule has 0 radical (unpaired) electrons. The van der Waals surface area contributed by atoms with Gasteiger partial charge in [-0.1, -0.05) is 58.0 Å². The van der Waals surface area contributed by atoms with Crippen LogP contribution in [0.1, 0.15) is 91.2 Å². The summed E-state index contributed by atoms with van der Waals surface area (Å²) in [6.07, 6.45) is 5.85. The molecule has 0 saturated carbocycles. The fourth-order valence-corrected chi connectivity index (χ4v) is 5.08. The lowest BCUT2D eigenvalue weighted by molar-refractivity contribution is -0.164. The fraction of sp³-hybridized carbons (Fsp3) is 0.656. The normalized spacial score (nSPS) is 20.9. The number of carbonyl (C=O) groups excluding carboxylic acids is 3. The van der Waals surface area contributed by atoms with E-state index in [1.54, 1.807) is 6.92 Å². The second-order valence-corrected chi connectivity index (χ2v) is 11.2. The molecule has 7 nitrogen and oxygen atoms in total. The second-order valence-electron chi connectivity index (χ2n) is 11.2. The van der Waals surface area contributed by atoms with Crippen LogP contribution in [0.4, 0.5) is 0 Å². The first-order valence-electron chi connectivity index (χ1n) is 14.3. The van der Waals surface area contributed by atoms with E-state index >= 15 is 0 Å². The summed E-state index contributed by atoms with van der Waals surface area (Å²) in [7, 11) is 2.92. The molecule has 0 amide bonds. The van der Waals surface area contributed by atoms with Gasteiger partial charge in [-0.05, 0) is 68.4 Å². The zero-order chi connectivity index (χ0) is 28.9. The molecular weight excluding hydrogens is 496 g/mol. The maximum atomic E-state index is 13.2. The third-order valence-corrected chi connectivity index (χ3v) is 8.04. The summed E-state index contributed by atoms with van der Waals surface area (Å²) >= 11 is 0. The van der Waals surface area contributed by atoms with Gasteiger partial charge in [0.25, 0.3) is 0 Å². The summed E-state index contributed by atoms with van der Waals surface area (Å²) in [6, 6.07) is 9.32. The molecule has 1 aromatic carbocycles. The minimum Gasteiger partial charge on any atom is -0.495 e. The molecule has 0 aliphatic carbocycles. The number of Topliss-reactive ketones (excluding diaryl/α,β-unsaturated/α-hetero) is 1. The number of hydrogen-bond donors (Lipinski definition) is 0. The summed E-state index contributed by atoms with van der Waals surface area (Å²) in [5.74, 6) is 1.03. The average molecular weight is 545 g/mol. The average Bonchev–Trinajstić information content (AvgIpc) is 2.93. The van der Waals surface area contributed by atoms with Crippen molar-refractivity contribution in [2.45, 2.75) is 97.9 Å². The zero-order valence-electron chi connectivity index (χ0n) is 24.8. The first kappa shape index (κ1) is 32.5. The molecule has 0 N–H and O–H groups in total. The number of ether oxygens (including phenoxy) is 4. The highest BCUT2D eigenvalue weighted by molar-refractivity contribution is 5.78. The van der Waals surface area contributed by atoms with Crippen LogP contribution < -0.4 is 0 Å². The highest BCUT2D eigenvalue weighted by Crippen LogP contribution is 2.33. The smallest absolute Gasteiger partial charge is 0.340 e. The van der Waals surface area contributed by atoms with Crippen molar-refractivity contribution in [2.75, 3.05) is 14.2 Å². The Hall–Kier alpha value is -2.67. The van der Waals surface area contributed by atoms with Crippen molar-refractivity contribution in [1.29, 1.82) is 0 Å². The Morgan fingerprint density at radius 2 is 1.69 bits per heavy atom. The molecule has 0 spiro atoms. The van der Waals surface area contributed by atoms with Crippen LogP contribution in [0.3, 0.4) is 0 Å². The SMILES string of the molecule is COC(=O)CC[C@@H](C)[C@@H]1OC(CC[C@@H](C)[C@H](CC[C@H](C)C(C)=O)OC(=O)[C@@H](OC)c2ccccc2)=CC[C@@H]1C. The third-order valence-electron chi connectivity index (χ3n) is 8.04. The van der Waals surface area contributed by atoms with E-state index in [1.807, 2.05) is 37.3 Å². The molecule has 0 aromatic heterocycles. The van der Waals surface area contributed by atoms with E-state index in [-0.39, 0.29) is 41.7 Å². The van der Waals surface area contributed by atoms with Crippen molar-refractivity contribution in [3.63, 3.8) is 0 Å². The number of hydrogen-bond acceptors (Lipinski definition) is 7. The highest BCUT2D eigenvalue weighted by atomic mass is 16.6. The topological polar surface area (TPSA) is 88.1 Å². The number of allylic oxidation sites excluding steroid dienone is 2. The van der Waals surface area contributed by atoms with Gasteiger partial charge in [0, 0.05) is 25.9 Å². The van der Waals surface area contributed by atoms with Crippen LogP contribution in [0.2, 0.25) is 0 Å². The van der Waals surface area contributed by atoms with E-state index < -0.39 is 12.1 Å². The van der Waals surface area contributed by atoms with E-state index in [2.05, 4.69) is 26.8 Å². The molecule has 0 bridgehead atoms. The van der Waals surface area contributed by atoms with E-state index in [9.17, 15) is 14.4 Å². The van der Waals surface area contributed by atoms with Crippen molar-refractivity contribution in [3.8, 4) is 0 Å². The van der Waals surface area contributed by atoms with Gasteiger partial charge in [0.1, 0.15) is 18.0 Å². The monoisotopic (exact) mass is 544 g/mol. The first-order valence-corrected chi connectivity index (χ1v) is 14.3. The Morgan fingerprint density at radius 3 is 2.31 bits per heavy atom. The molecule has 2 rings (SSSR count). The largest absolute Gasteiger partial charge is 0.495 e. The van der Waals surface area contributed by atoms with Gasteiger partial charge in [0.15, 0.2) is 6.10 Å². The van der Waals surface area contributed by atoms with Crippen LogP contribution in [0.25, 0.3) is 0 Å². The van der Waals surface area contributed by atoms with Crippen molar-refractivity contribution in [1.82, 2.24) is 0 Å². The van der Waals surface area contributed by atoms with Crippen LogP contribution in [0, 0.1) is 23.7 Å². The van der Waals surface area contributed by atoms with Gasteiger partial charge in [-0.25, -0.2) is 4.79 Å². The Kier molecular flexibility index (Phi) is 13.7. The van der Waals surface area contributed by atoms with E-state index in [1.165, 1.54) is 14.2 Å². The maximum absolute atomic E-state index is 13.2. The molecule has 1 aliphatic heterocycles. The van der Waals surface area contributed by atoms with Gasteiger partial charge in [-0.15, -0.1) is 0 Å². The number of rotatable bonds is 16. The number of carbonyl (C=O) groups is 3.